The number of aromatic nitrogens is 1. The van der Waals surface area contributed by atoms with Gasteiger partial charge in [-0.3, -0.25) is 4.90 Å². The van der Waals surface area contributed by atoms with Crippen molar-refractivity contribution in [3.8, 4) is 5.75 Å². The number of nitrogens with two attached hydrogens (primary N) is 1. The molecule has 138 valence electrons. The highest BCUT2D eigenvalue weighted by atomic mass is 79.9. The molecule has 0 atom stereocenters. The van der Waals surface area contributed by atoms with Crippen LogP contribution in [0.3, 0.4) is 0 Å². The Balaban J connectivity index is 1.90. The number of methoxy groups -OCH3 is 2. The molecular weight excluding hydrogens is 402 g/mol. The van der Waals surface area contributed by atoms with Gasteiger partial charge in [0, 0.05) is 30.9 Å². The number of anilines is 2. The number of ether oxygens (including phenoxy) is 3. The van der Waals surface area contributed by atoms with Crippen molar-refractivity contribution in [2.24, 2.45) is 0 Å². The summed E-state index contributed by atoms with van der Waals surface area (Å²) in [5, 5.41) is 0. The number of hydrogen-bond donors (Lipinski definition) is 1. The lowest BCUT2D eigenvalue weighted by molar-refractivity contribution is -0.109. The minimum Gasteiger partial charge on any atom is -0.410 e. The highest BCUT2D eigenvalue weighted by molar-refractivity contribution is 9.10. The van der Waals surface area contributed by atoms with E-state index in [0.717, 1.165) is 22.9 Å². The van der Waals surface area contributed by atoms with Crippen LogP contribution in [0.4, 0.5) is 16.3 Å². The Hall–Kier alpha value is -2.16. The number of rotatable bonds is 4. The molecule has 0 saturated carbocycles. The fourth-order valence-corrected chi connectivity index (χ4v) is 3.39. The predicted molar refractivity (Wildman–Crippen MR) is 101 cm³/mol. The quantitative estimate of drug-likeness (QED) is 0.598. The predicted octanol–water partition coefficient (Wildman–Crippen LogP) is 3.67. The topological polar surface area (TPSA) is 86.9 Å². The highest BCUT2D eigenvalue weighted by Crippen LogP contribution is 2.33. The van der Waals surface area contributed by atoms with E-state index in [0.29, 0.717) is 29.5 Å². The summed E-state index contributed by atoms with van der Waals surface area (Å²) in [5.41, 5.74) is 7.80. The Bertz CT molecular complexity index is 794. The first-order chi connectivity index (χ1) is 12.5. The van der Waals surface area contributed by atoms with Gasteiger partial charge in [0.2, 0.25) is 6.29 Å². The highest BCUT2D eigenvalue weighted by Gasteiger charge is 2.28. The van der Waals surface area contributed by atoms with E-state index in [2.05, 4.69) is 20.9 Å². The van der Waals surface area contributed by atoms with Crippen molar-refractivity contribution in [1.82, 2.24) is 4.98 Å². The van der Waals surface area contributed by atoms with Crippen LogP contribution in [0, 0.1) is 0 Å². The molecule has 8 heteroatoms. The maximum atomic E-state index is 12.7. The Morgan fingerprint density at radius 3 is 2.62 bits per heavy atom. The minimum absolute atomic E-state index is 0.431. The molecule has 2 heterocycles. The average Bonchev–Trinajstić information content (AvgIpc) is 2.64. The number of carbonyl (C=O) groups is 1. The monoisotopic (exact) mass is 421 g/mol. The number of amides is 1. The van der Waals surface area contributed by atoms with E-state index >= 15 is 0 Å². The molecule has 1 amide bonds. The number of hydrogen-bond acceptors (Lipinski definition) is 6. The Morgan fingerprint density at radius 2 is 1.96 bits per heavy atom. The number of carbonyl (C=O) groups excluding carboxylic acids is 1. The normalized spacial score (nSPS) is 13.6. The maximum Gasteiger partial charge on any atom is 0.420 e. The zero-order valence-electron chi connectivity index (χ0n) is 14.6. The number of nitrogen functional groups attached to an aromatic ring is 1. The molecule has 1 aliphatic rings. The first-order valence-electron chi connectivity index (χ1n) is 8.13. The first kappa shape index (κ1) is 18.6. The van der Waals surface area contributed by atoms with Crippen LogP contribution in [0.5, 0.6) is 5.75 Å². The molecule has 26 heavy (non-hydrogen) atoms. The summed E-state index contributed by atoms with van der Waals surface area (Å²) in [6, 6.07) is 8.63. The second kappa shape index (κ2) is 8.03. The Kier molecular flexibility index (Phi) is 5.75. The Labute approximate surface area is 160 Å². The molecule has 0 spiro atoms. The third kappa shape index (κ3) is 3.82. The van der Waals surface area contributed by atoms with Gasteiger partial charge in [-0.05, 0) is 64.7 Å². The number of nitrogens with zero attached hydrogens (tertiary/aromatic N) is 2. The summed E-state index contributed by atoms with van der Waals surface area (Å²) < 4.78 is 16.8. The number of pyridine rings is 1. The van der Waals surface area contributed by atoms with E-state index in [1.807, 2.05) is 6.07 Å². The number of benzene rings is 1. The SMILES string of the molecule is COC(OC)c1nc2c(cc1Br)CCCN2C(=O)Oc1ccc(N)cc1. The van der Waals surface area contributed by atoms with Gasteiger partial charge in [0.15, 0.2) is 0 Å². The summed E-state index contributed by atoms with van der Waals surface area (Å²) >= 11 is 3.51. The third-order valence-electron chi connectivity index (χ3n) is 4.10. The molecule has 0 unspecified atom stereocenters. The van der Waals surface area contributed by atoms with E-state index in [9.17, 15) is 4.79 Å². The lowest BCUT2D eigenvalue weighted by Crippen LogP contribution is -2.38. The summed E-state index contributed by atoms with van der Waals surface area (Å²) in [6.45, 7) is 0.527. The average molecular weight is 422 g/mol. The molecule has 2 aromatic rings. The molecule has 3 rings (SSSR count). The van der Waals surface area contributed by atoms with Crippen LogP contribution in [0.2, 0.25) is 0 Å². The molecule has 0 aliphatic carbocycles. The second-order valence-electron chi connectivity index (χ2n) is 5.83. The van der Waals surface area contributed by atoms with Crippen LogP contribution in [0.1, 0.15) is 24.0 Å². The number of fused-ring (bicyclic) bond motifs is 1. The largest absolute Gasteiger partial charge is 0.420 e. The molecule has 0 radical (unpaired) electrons. The van der Waals surface area contributed by atoms with Crippen LogP contribution in [-0.2, 0) is 15.9 Å². The van der Waals surface area contributed by atoms with Gasteiger partial charge >= 0.3 is 6.09 Å². The van der Waals surface area contributed by atoms with Crippen LogP contribution >= 0.6 is 15.9 Å². The fraction of sp³-hybridized carbons (Fsp3) is 0.333. The standard InChI is InChI=1S/C18H20BrN3O4/c1-24-17(25-2)15-14(19)10-11-4-3-9-22(16(11)21-15)18(23)26-13-7-5-12(20)6-8-13/h5-8,10,17H,3-4,9,20H2,1-2H3. The van der Waals surface area contributed by atoms with Gasteiger partial charge in [0.1, 0.15) is 17.3 Å². The molecule has 0 bridgehead atoms. The van der Waals surface area contributed by atoms with E-state index in [1.54, 1.807) is 24.3 Å². The molecule has 7 nitrogen and oxygen atoms in total. The van der Waals surface area contributed by atoms with Crippen LogP contribution < -0.4 is 15.4 Å². The minimum atomic E-state index is -0.633. The van der Waals surface area contributed by atoms with Gasteiger partial charge in [0.25, 0.3) is 0 Å². The van der Waals surface area contributed by atoms with Gasteiger partial charge in [-0.2, -0.15) is 0 Å². The second-order valence-corrected chi connectivity index (χ2v) is 6.69. The Morgan fingerprint density at radius 1 is 1.27 bits per heavy atom. The van der Waals surface area contributed by atoms with Crippen molar-refractivity contribution in [2.45, 2.75) is 19.1 Å². The summed E-state index contributed by atoms with van der Waals surface area (Å²) in [7, 11) is 3.07. The third-order valence-corrected chi connectivity index (χ3v) is 4.73. The van der Waals surface area contributed by atoms with E-state index in [-0.39, 0.29) is 0 Å². The smallest absolute Gasteiger partial charge is 0.410 e. The molecule has 0 fully saturated rings. The zero-order valence-corrected chi connectivity index (χ0v) is 16.2. The lowest BCUT2D eigenvalue weighted by Gasteiger charge is -2.29. The summed E-state index contributed by atoms with van der Waals surface area (Å²) in [5.74, 6) is 0.995. The van der Waals surface area contributed by atoms with Gasteiger partial charge in [-0.15, -0.1) is 0 Å². The maximum absolute atomic E-state index is 12.7. The van der Waals surface area contributed by atoms with Crippen molar-refractivity contribution in [3.63, 3.8) is 0 Å². The lowest BCUT2D eigenvalue weighted by atomic mass is 10.1. The first-order valence-corrected chi connectivity index (χ1v) is 8.92. The molecule has 0 saturated heterocycles. The summed E-state index contributed by atoms with van der Waals surface area (Å²) in [4.78, 5) is 18.8. The summed E-state index contributed by atoms with van der Waals surface area (Å²) in [6.07, 6.45) is 0.543. The fourth-order valence-electron chi connectivity index (χ4n) is 2.84. The van der Waals surface area contributed by atoms with Crippen molar-refractivity contribution in [2.75, 3.05) is 31.4 Å². The van der Waals surface area contributed by atoms with Gasteiger partial charge in [0.05, 0.1) is 0 Å². The number of halogens is 1. The van der Waals surface area contributed by atoms with Crippen LogP contribution in [0.15, 0.2) is 34.8 Å². The van der Waals surface area contributed by atoms with Crippen molar-refractivity contribution >= 4 is 33.5 Å². The van der Waals surface area contributed by atoms with Crippen molar-refractivity contribution in [1.29, 1.82) is 0 Å². The van der Waals surface area contributed by atoms with Gasteiger partial charge in [-0.1, -0.05) is 0 Å². The van der Waals surface area contributed by atoms with Crippen molar-refractivity contribution in [3.05, 3.63) is 46.1 Å². The van der Waals surface area contributed by atoms with E-state index < -0.39 is 12.4 Å². The molecule has 2 N–H and O–H groups in total. The van der Waals surface area contributed by atoms with Gasteiger partial charge in [-0.25, -0.2) is 9.78 Å². The molecule has 1 aromatic carbocycles. The van der Waals surface area contributed by atoms with E-state index in [1.165, 1.54) is 19.1 Å². The molecular formula is C18H20BrN3O4. The zero-order chi connectivity index (χ0) is 18.7. The number of aryl methyl sites for hydroxylation is 1. The van der Waals surface area contributed by atoms with Crippen LogP contribution in [-0.4, -0.2) is 31.8 Å². The molecule has 1 aliphatic heterocycles. The van der Waals surface area contributed by atoms with Crippen LogP contribution in [0.25, 0.3) is 0 Å². The van der Waals surface area contributed by atoms with Crippen molar-refractivity contribution < 1.29 is 19.0 Å². The van der Waals surface area contributed by atoms with E-state index in [4.69, 9.17) is 19.9 Å². The van der Waals surface area contributed by atoms with Gasteiger partial charge < -0.3 is 19.9 Å². The molecule has 1 aromatic heterocycles.